The summed E-state index contributed by atoms with van der Waals surface area (Å²) >= 11 is 5.92. The van der Waals surface area contributed by atoms with E-state index in [9.17, 15) is 4.79 Å². The second-order valence-electron chi connectivity index (χ2n) is 4.71. The Labute approximate surface area is 122 Å². The van der Waals surface area contributed by atoms with Gasteiger partial charge in [0.1, 0.15) is 5.82 Å². The van der Waals surface area contributed by atoms with Gasteiger partial charge in [-0.05, 0) is 32.0 Å². The lowest BCUT2D eigenvalue weighted by atomic mass is 10.3. The number of halogens is 1. The number of carboxylic acids is 1. The quantitative estimate of drug-likeness (QED) is 0.886. The summed E-state index contributed by atoms with van der Waals surface area (Å²) in [6, 6.07) is 7.49. The van der Waals surface area contributed by atoms with E-state index in [-0.39, 0.29) is 11.7 Å². The number of hydrogen-bond acceptors (Lipinski definition) is 3. The molecule has 0 bridgehead atoms. The summed E-state index contributed by atoms with van der Waals surface area (Å²) in [5, 5.41) is 12.8. The minimum atomic E-state index is -1.02. The van der Waals surface area contributed by atoms with Crippen LogP contribution in [0.2, 0.25) is 5.02 Å². The molecule has 0 saturated carbocycles. The van der Waals surface area contributed by atoms with Gasteiger partial charge in [0.15, 0.2) is 5.69 Å². The van der Waals surface area contributed by atoms with Crippen LogP contribution in [0.5, 0.6) is 0 Å². The van der Waals surface area contributed by atoms with Crippen molar-refractivity contribution in [3.8, 4) is 0 Å². The molecule has 1 heterocycles. The smallest absolute Gasteiger partial charge is 0.356 e. The van der Waals surface area contributed by atoms with Crippen molar-refractivity contribution in [2.24, 2.45) is 0 Å². The van der Waals surface area contributed by atoms with E-state index >= 15 is 0 Å². The summed E-state index contributed by atoms with van der Waals surface area (Å²) < 4.78 is 1.85. The molecule has 2 N–H and O–H groups in total. The SMILES string of the molecule is CC(C)n1cc(C(=O)O)nc1CNc1cccc(Cl)c1. The first-order chi connectivity index (χ1) is 9.47. The number of aromatic nitrogens is 2. The third kappa shape index (κ3) is 3.30. The predicted molar refractivity (Wildman–Crippen MR) is 78.4 cm³/mol. The molecule has 1 aromatic carbocycles. The van der Waals surface area contributed by atoms with Crippen LogP contribution in [0.15, 0.2) is 30.5 Å². The molecule has 5 nitrogen and oxygen atoms in total. The molecule has 106 valence electrons. The Morgan fingerprint density at radius 2 is 2.25 bits per heavy atom. The number of hydrogen-bond donors (Lipinski definition) is 2. The fourth-order valence-electron chi connectivity index (χ4n) is 1.89. The number of aromatic carboxylic acids is 1. The Kier molecular flexibility index (Phi) is 4.29. The zero-order valence-corrected chi connectivity index (χ0v) is 12.1. The van der Waals surface area contributed by atoms with Crippen molar-refractivity contribution in [3.05, 3.63) is 47.0 Å². The zero-order valence-electron chi connectivity index (χ0n) is 11.3. The summed E-state index contributed by atoms with van der Waals surface area (Å²) in [4.78, 5) is 15.1. The molecule has 0 amide bonds. The molecule has 0 radical (unpaired) electrons. The van der Waals surface area contributed by atoms with E-state index in [4.69, 9.17) is 16.7 Å². The van der Waals surface area contributed by atoms with E-state index in [0.717, 1.165) is 5.69 Å². The third-order valence-electron chi connectivity index (χ3n) is 2.86. The number of anilines is 1. The van der Waals surface area contributed by atoms with Crippen LogP contribution < -0.4 is 5.32 Å². The molecule has 0 aliphatic carbocycles. The molecule has 2 aromatic rings. The number of imidazole rings is 1. The molecule has 0 fully saturated rings. The molecule has 0 spiro atoms. The zero-order chi connectivity index (χ0) is 14.7. The maximum atomic E-state index is 11.0. The molecule has 0 aliphatic heterocycles. The summed E-state index contributed by atoms with van der Waals surface area (Å²) in [5.74, 6) is -0.342. The molecule has 2 rings (SSSR count). The lowest BCUT2D eigenvalue weighted by Gasteiger charge is -2.12. The summed E-state index contributed by atoms with van der Waals surface area (Å²) in [6.07, 6.45) is 1.56. The second-order valence-corrected chi connectivity index (χ2v) is 5.15. The van der Waals surface area contributed by atoms with Gasteiger partial charge in [0, 0.05) is 22.9 Å². The first-order valence-electron chi connectivity index (χ1n) is 6.28. The number of carbonyl (C=O) groups is 1. The molecule has 6 heteroatoms. The molecule has 0 aliphatic rings. The second kappa shape index (κ2) is 5.96. The number of benzene rings is 1. The van der Waals surface area contributed by atoms with Crippen molar-refractivity contribution in [2.45, 2.75) is 26.4 Å². The summed E-state index contributed by atoms with van der Waals surface area (Å²) in [7, 11) is 0. The molecule has 20 heavy (non-hydrogen) atoms. The van der Waals surface area contributed by atoms with Crippen LogP contribution in [-0.2, 0) is 6.54 Å². The third-order valence-corrected chi connectivity index (χ3v) is 3.09. The van der Waals surface area contributed by atoms with Gasteiger partial charge in [0.2, 0.25) is 0 Å². The number of rotatable bonds is 5. The van der Waals surface area contributed by atoms with Crippen LogP contribution in [0.25, 0.3) is 0 Å². The standard InChI is InChI=1S/C14H16ClN3O2/c1-9(2)18-8-12(14(19)20)17-13(18)7-16-11-5-3-4-10(15)6-11/h3-6,8-9,16H,7H2,1-2H3,(H,19,20). The van der Waals surface area contributed by atoms with Crippen LogP contribution in [0.4, 0.5) is 5.69 Å². The van der Waals surface area contributed by atoms with Gasteiger partial charge in [-0.1, -0.05) is 17.7 Å². The maximum absolute atomic E-state index is 11.0. The van der Waals surface area contributed by atoms with Crippen LogP contribution in [0.1, 0.15) is 36.2 Å². The molecule has 1 aromatic heterocycles. The van der Waals surface area contributed by atoms with Gasteiger partial charge >= 0.3 is 5.97 Å². The Hall–Kier alpha value is -2.01. The van der Waals surface area contributed by atoms with Gasteiger partial charge in [0.25, 0.3) is 0 Å². The van der Waals surface area contributed by atoms with Crippen LogP contribution in [-0.4, -0.2) is 20.6 Å². The van der Waals surface area contributed by atoms with Crippen molar-refractivity contribution < 1.29 is 9.90 Å². The highest BCUT2D eigenvalue weighted by molar-refractivity contribution is 6.30. The lowest BCUT2D eigenvalue weighted by molar-refractivity contribution is 0.0691. The highest BCUT2D eigenvalue weighted by atomic mass is 35.5. The lowest BCUT2D eigenvalue weighted by Crippen LogP contribution is -2.10. The van der Waals surface area contributed by atoms with E-state index in [1.54, 1.807) is 12.3 Å². The molecular formula is C14H16ClN3O2. The van der Waals surface area contributed by atoms with Crippen molar-refractivity contribution in [1.82, 2.24) is 9.55 Å². The van der Waals surface area contributed by atoms with E-state index in [0.29, 0.717) is 17.4 Å². The van der Waals surface area contributed by atoms with Gasteiger partial charge in [-0.15, -0.1) is 0 Å². The number of nitrogens with zero attached hydrogens (tertiary/aromatic N) is 2. The normalized spacial score (nSPS) is 10.8. The van der Waals surface area contributed by atoms with Crippen molar-refractivity contribution >= 4 is 23.3 Å². The summed E-state index contributed by atoms with van der Waals surface area (Å²) in [5.41, 5.74) is 0.925. The van der Waals surface area contributed by atoms with Crippen molar-refractivity contribution in [3.63, 3.8) is 0 Å². The monoisotopic (exact) mass is 293 g/mol. The van der Waals surface area contributed by atoms with Gasteiger partial charge < -0.3 is 15.0 Å². The molecular weight excluding hydrogens is 278 g/mol. The largest absolute Gasteiger partial charge is 0.476 e. The highest BCUT2D eigenvalue weighted by Gasteiger charge is 2.14. The number of carboxylic acid groups (broad SMARTS) is 1. The van der Waals surface area contributed by atoms with E-state index < -0.39 is 5.97 Å². The van der Waals surface area contributed by atoms with Crippen LogP contribution in [0.3, 0.4) is 0 Å². The van der Waals surface area contributed by atoms with Crippen molar-refractivity contribution in [1.29, 1.82) is 0 Å². The van der Waals surface area contributed by atoms with E-state index in [1.165, 1.54) is 0 Å². The first-order valence-corrected chi connectivity index (χ1v) is 6.65. The topological polar surface area (TPSA) is 67.2 Å². The molecule has 0 atom stereocenters. The summed E-state index contributed by atoms with van der Waals surface area (Å²) in [6.45, 7) is 4.40. The Bertz CT molecular complexity index is 623. The number of nitrogens with one attached hydrogen (secondary N) is 1. The predicted octanol–water partition coefficient (Wildman–Crippen LogP) is 3.43. The Morgan fingerprint density at radius 1 is 1.50 bits per heavy atom. The van der Waals surface area contributed by atoms with Gasteiger partial charge in [-0.25, -0.2) is 9.78 Å². The molecule has 0 saturated heterocycles. The average molecular weight is 294 g/mol. The minimum absolute atomic E-state index is 0.0570. The van der Waals surface area contributed by atoms with Crippen LogP contribution >= 0.6 is 11.6 Å². The fourth-order valence-corrected chi connectivity index (χ4v) is 2.08. The van der Waals surface area contributed by atoms with Gasteiger partial charge in [-0.2, -0.15) is 0 Å². The van der Waals surface area contributed by atoms with Crippen LogP contribution in [0, 0.1) is 0 Å². The average Bonchev–Trinajstić information content (AvgIpc) is 2.81. The highest BCUT2D eigenvalue weighted by Crippen LogP contribution is 2.17. The Morgan fingerprint density at radius 3 is 2.85 bits per heavy atom. The molecule has 0 unspecified atom stereocenters. The van der Waals surface area contributed by atoms with Crippen molar-refractivity contribution in [2.75, 3.05) is 5.32 Å². The minimum Gasteiger partial charge on any atom is -0.476 e. The van der Waals surface area contributed by atoms with Gasteiger partial charge in [-0.3, -0.25) is 0 Å². The Balaban J connectivity index is 2.18. The fraction of sp³-hybridized carbons (Fsp3) is 0.286. The van der Waals surface area contributed by atoms with Gasteiger partial charge in [0.05, 0.1) is 6.54 Å². The maximum Gasteiger partial charge on any atom is 0.356 e. The van der Waals surface area contributed by atoms with E-state index in [1.807, 2.05) is 36.6 Å². The van der Waals surface area contributed by atoms with E-state index in [2.05, 4.69) is 10.3 Å². The first kappa shape index (κ1) is 14.4.